The van der Waals surface area contributed by atoms with Crippen LogP contribution in [0.3, 0.4) is 0 Å². The zero-order valence-electron chi connectivity index (χ0n) is 12.7. The molecule has 3 rings (SSSR count). The van der Waals surface area contributed by atoms with Crippen LogP contribution in [0.1, 0.15) is 25.7 Å². The number of rotatable bonds is 5. The number of nitrogens with zero attached hydrogens (tertiary/aromatic N) is 3. The van der Waals surface area contributed by atoms with Crippen LogP contribution in [0.4, 0.5) is 11.5 Å². The van der Waals surface area contributed by atoms with Crippen molar-refractivity contribution in [1.29, 1.82) is 0 Å². The van der Waals surface area contributed by atoms with Crippen molar-refractivity contribution in [2.45, 2.75) is 31.8 Å². The lowest BCUT2D eigenvalue weighted by molar-refractivity contribution is 0.0984. The van der Waals surface area contributed by atoms with E-state index in [1.165, 1.54) is 32.2 Å². The lowest BCUT2D eigenvalue weighted by Gasteiger charge is -2.35. The van der Waals surface area contributed by atoms with Crippen LogP contribution in [0.25, 0.3) is 0 Å². The lowest BCUT2D eigenvalue weighted by atomic mass is 10.1. The summed E-state index contributed by atoms with van der Waals surface area (Å²) in [6.07, 6.45) is 7.31. The van der Waals surface area contributed by atoms with Crippen molar-refractivity contribution in [2.75, 3.05) is 50.0 Å². The van der Waals surface area contributed by atoms with Crippen LogP contribution in [0.2, 0.25) is 0 Å². The first-order chi connectivity index (χ1) is 10.3. The molecule has 0 bridgehead atoms. The number of pyridine rings is 1. The molecule has 5 nitrogen and oxygen atoms in total. The second-order valence-electron chi connectivity index (χ2n) is 6.02. The minimum Gasteiger partial charge on any atom is -0.396 e. The van der Waals surface area contributed by atoms with Gasteiger partial charge < -0.3 is 15.4 Å². The van der Waals surface area contributed by atoms with Crippen molar-refractivity contribution in [3.63, 3.8) is 0 Å². The topological polar surface area (TPSA) is 54.6 Å². The van der Waals surface area contributed by atoms with Gasteiger partial charge in [0.2, 0.25) is 0 Å². The van der Waals surface area contributed by atoms with Crippen molar-refractivity contribution in [3.05, 3.63) is 18.3 Å². The second-order valence-corrected chi connectivity index (χ2v) is 6.02. The molecular weight excluding hydrogens is 264 g/mol. The summed E-state index contributed by atoms with van der Waals surface area (Å²) < 4.78 is 5.68. The van der Waals surface area contributed by atoms with Gasteiger partial charge in [0, 0.05) is 39.0 Å². The maximum Gasteiger partial charge on any atom is 0.151 e. The Morgan fingerprint density at radius 3 is 2.86 bits per heavy atom. The summed E-state index contributed by atoms with van der Waals surface area (Å²) in [5.41, 5.74) is 6.79. The van der Waals surface area contributed by atoms with Gasteiger partial charge in [-0.1, -0.05) is 0 Å². The van der Waals surface area contributed by atoms with Crippen LogP contribution >= 0.6 is 0 Å². The van der Waals surface area contributed by atoms with E-state index in [2.05, 4.69) is 14.8 Å². The molecule has 1 atom stereocenters. The molecule has 0 saturated carbocycles. The summed E-state index contributed by atoms with van der Waals surface area (Å²) in [7, 11) is 0. The minimum atomic E-state index is 0.527. The average Bonchev–Trinajstić information content (AvgIpc) is 3.02. The van der Waals surface area contributed by atoms with E-state index in [0.29, 0.717) is 6.10 Å². The number of nitrogens with two attached hydrogens (primary N) is 1. The molecule has 0 radical (unpaired) electrons. The third-order valence-corrected chi connectivity index (χ3v) is 4.51. The third-order valence-electron chi connectivity index (χ3n) is 4.51. The zero-order valence-corrected chi connectivity index (χ0v) is 12.7. The molecule has 116 valence electrons. The first kappa shape index (κ1) is 14.6. The van der Waals surface area contributed by atoms with E-state index in [9.17, 15) is 0 Å². The van der Waals surface area contributed by atoms with Crippen LogP contribution in [0, 0.1) is 0 Å². The van der Waals surface area contributed by atoms with Crippen LogP contribution < -0.4 is 10.6 Å². The maximum atomic E-state index is 6.00. The summed E-state index contributed by atoms with van der Waals surface area (Å²) in [5, 5.41) is 0. The number of piperazine rings is 1. The summed E-state index contributed by atoms with van der Waals surface area (Å²) >= 11 is 0. The first-order valence-electron chi connectivity index (χ1n) is 8.12. The molecule has 3 heterocycles. The maximum absolute atomic E-state index is 6.00. The Kier molecular flexibility index (Phi) is 4.93. The Hall–Kier alpha value is -1.33. The molecule has 1 unspecified atom stereocenters. The smallest absolute Gasteiger partial charge is 0.151 e. The van der Waals surface area contributed by atoms with Crippen molar-refractivity contribution in [3.8, 4) is 0 Å². The van der Waals surface area contributed by atoms with Gasteiger partial charge >= 0.3 is 0 Å². The van der Waals surface area contributed by atoms with Crippen molar-refractivity contribution >= 4 is 11.5 Å². The van der Waals surface area contributed by atoms with Gasteiger partial charge in [0.05, 0.1) is 11.8 Å². The number of hydrogen-bond acceptors (Lipinski definition) is 5. The molecule has 0 spiro atoms. The Morgan fingerprint density at radius 2 is 2.14 bits per heavy atom. The first-order valence-corrected chi connectivity index (χ1v) is 8.12. The second kappa shape index (κ2) is 7.09. The van der Waals surface area contributed by atoms with Gasteiger partial charge in [-0.2, -0.15) is 0 Å². The molecule has 5 heteroatoms. The number of nitrogen functional groups attached to an aromatic ring is 1. The molecule has 2 aliphatic rings. The molecule has 2 saturated heterocycles. The quantitative estimate of drug-likeness (QED) is 0.895. The molecule has 2 fully saturated rings. The minimum absolute atomic E-state index is 0.527. The summed E-state index contributed by atoms with van der Waals surface area (Å²) in [4.78, 5) is 9.25. The molecule has 1 aromatic heterocycles. The Labute approximate surface area is 127 Å². The number of hydrogen-bond donors (Lipinski definition) is 1. The summed E-state index contributed by atoms with van der Waals surface area (Å²) in [6.45, 7) is 6.38. The van der Waals surface area contributed by atoms with Crippen LogP contribution in [-0.2, 0) is 4.74 Å². The molecule has 2 aliphatic heterocycles. The normalized spacial score (nSPS) is 23.6. The number of ether oxygens (including phenoxy) is 1. The lowest BCUT2D eigenvalue weighted by Crippen LogP contribution is -2.47. The molecule has 1 aromatic rings. The molecule has 2 N–H and O–H groups in total. The SMILES string of the molecule is Nc1cccnc1N1CCN(CCCC2CCCO2)CC1. The van der Waals surface area contributed by atoms with Crippen LogP contribution in [0.5, 0.6) is 0 Å². The van der Waals surface area contributed by atoms with Gasteiger partial charge in [-0.15, -0.1) is 0 Å². The zero-order chi connectivity index (χ0) is 14.5. The van der Waals surface area contributed by atoms with E-state index in [1.807, 2.05) is 18.3 Å². The van der Waals surface area contributed by atoms with Gasteiger partial charge in [0.25, 0.3) is 0 Å². The van der Waals surface area contributed by atoms with Gasteiger partial charge in [-0.05, 0) is 44.4 Å². The van der Waals surface area contributed by atoms with Crippen molar-refractivity contribution in [1.82, 2.24) is 9.88 Å². The molecule has 21 heavy (non-hydrogen) atoms. The monoisotopic (exact) mass is 290 g/mol. The summed E-state index contributed by atoms with van der Waals surface area (Å²) in [6, 6.07) is 3.82. The van der Waals surface area contributed by atoms with E-state index in [-0.39, 0.29) is 0 Å². The predicted molar refractivity (Wildman–Crippen MR) is 85.5 cm³/mol. The largest absolute Gasteiger partial charge is 0.396 e. The van der Waals surface area contributed by atoms with Crippen molar-refractivity contribution in [2.24, 2.45) is 0 Å². The molecule has 0 amide bonds. The standard InChI is InChI=1S/C16H26N4O/c17-15-6-1-7-18-16(15)20-11-9-19(10-12-20)8-2-4-14-5-3-13-21-14/h1,6-7,14H,2-5,8-13,17H2. The highest BCUT2D eigenvalue weighted by Gasteiger charge is 2.20. The number of anilines is 2. The van der Waals surface area contributed by atoms with E-state index >= 15 is 0 Å². The molecule has 0 aromatic carbocycles. The third kappa shape index (κ3) is 3.86. The number of aromatic nitrogens is 1. The van der Waals surface area contributed by atoms with Crippen LogP contribution in [0.15, 0.2) is 18.3 Å². The fraction of sp³-hybridized carbons (Fsp3) is 0.688. The van der Waals surface area contributed by atoms with Gasteiger partial charge in [0.15, 0.2) is 5.82 Å². The Bertz CT molecular complexity index is 440. The fourth-order valence-electron chi connectivity index (χ4n) is 3.27. The van der Waals surface area contributed by atoms with Gasteiger partial charge in [0.1, 0.15) is 0 Å². The average molecular weight is 290 g/mol. The van der Waals surface area contributed by atoms with E-state index in [0.717, 1.165) is 44.3 Å². The van der Waals surface area contributed by atoms with Gasteiger partial charge in [-0.25, -0.2) is 4.98 Å². The van der Waals surface area contributed by atoms with Gasteiger partial charge in [-0.3, -0.25) is 4.90 Å². The van der Waals surface area contributed by atoms with E-state index in [1.54, 1.807) is 0 Å². The van der Waals surface area contributed by atoms with Crippen LogP contribution in [-0.4, -0.2) is 55.3 Å². The highest BCUT2D eigenvalue weighted by atomic mass is 16.5. The Morgan fingerprint density at radius 1 is 1.29 bits per heavy atom. The van der Waals surface area contributed by atoms with E-state index < -0.39 is 0 Å². The fourth-order valence-corrected chi connectivity index (χ4v) is 3.27. The summed E-state index contributed by atoms with van der Waals surface area (Å²) in [5.74, 6) is 0.941. The van der Waals surface area contributed by atoms with Crippen molar-refractivity contribution < 1.29 is 4.74 Å². The molecular formula is C16H26N4O. The highest BCUT2D eigenvalue weighted by molar-refractivity contribution is 5.62. The molecule has 0 aliphatic carbocycles. The highest BCUT2D eigenvalue weighted by Crippen LogP contribution is 2.21. The predicted octanol–water partition coefficient (Wildman–Crippen LogP) is 1.74. The Balaban J connectivity index is 1.39. The van der Waals surface area contributed by atoms with E-state index in [4.69, 9.17) is 10.5 Å².